The summed E-state index contributed by atoms with van der Waals surface area (Å²) in [6.07, 6.45) is 0.942. The number of benzene rings is 1. The van der Waals surface area contributed by atoms with Crippen LogP contribution in [0.1, 0.15) is 23.0 Å². The topological polar surface area (TPSA) is 37.9 Å². The number of aromatic nitrogens is 2. The number of para-hydroxylation sites is 1. The zero-order chi connectivity index (χ0) is 12.5. The van der Waals surface area contributed by atoms with Crippen molar-refractivity contribution in [1.82, 2.24) is 9.97 Å². The van der Waals surface area contributed by atoms with E-state index in [-0.39, 0.29) is 5.92 Å². The summed E-state index contributed by atoms with van der Waals surface area (Å²) < 4.78 is 6.42. The van der Waals surface area contributed by atoms with Gasteiger partial charge < -0.3 is 9.72 Å². The van der Waals surface area contributed by atoms with Crippen molar-refractivity contribution in [3.8, 4) is 5.75 Å². The van der Waals surface area contributed by atoms with E-state index >= 15 is 0 Å². The van der Waals surface area contributed by atoms with Crippen molar-refractivity contribution in [2.75, 3.05) is 6.61 Å². The van der Waals surface area contributed by atoms with E-state index in [2.05, 4.69) is 16.0 Å². The molecule has 0 fully saturated rings. The number of aryl methyl sites for hydroxylation is 1. The van der Waals surface area contributed by atoms with Crippen LogP contribution in [0.5, 0.6) is 5.75 Å². The molecular formula is C14H14N2OS. The molecule has 1 unspecified atom stereocenters. The predicted molar refractivity (Wildman–Crippen MR) is 72.5 cm³/mol. The van der Waals surface area contributed by atoms with Gasteiger partial charge in [-0.05, 0) is 31.0 Å². The number of rotatable bonds is 1. The second-order valence-electron chi connectivity index (χ2n) is 4.61. The van der Waals surface area contributed by atoms with E-state index < -0.39 is 0 Å². The van der Waals surface area contributed by atoms with E-state index in [4.69, 9.17) is 17.0 Å². The number of ether oxygens (including phenoxy) is 1. The molecule has 1 atom stereocenters. The van der Waals surface area contributed by atoms with Crippen LogP contribution < -0.4 is 4.74 Å². The molecule has 18 heavy (non-hydrogen) atoms. The van der Waals surface area contributed by atoms with Crippen LogP contribution >= 0.6 is 12.2 Å². The van der Waals surface area contributed by atoms with E-state index in [9.17, 15) is 0 Å². The van der Waals surface area contributed by atoms with Gasteiger partial charge in [0.25, 0.3) is 0 Å². The van der Waals surface area contributed by atoms with Crippen molar-refractivity contribution in [3.05, 3.63) is 52.1 Å². The second kappa shape index (κ2) is 4.53. The predicted octanol–water partition coefficient (Wildman–Crippen LogP) is 3.17. The maximum absolute atomic E-state index is 5.78. The van der Waals surface area contributed by atoms with Gasteiger partial charge >= 0.3 is 0 Å². The number of fused-ring (bicyclic) bond motifs is 1. The molecule has 2 aromatic rings. The molecule has 0 aliphatic carbocycles. The second-order valence-corrected chi connectivity index (χ2v) is 5.03. The fourth-order valence-corrected chi connectivity index (χ4v) is 2.57. The van der Waals surface area contributed by atoms with E-state index in [1.807, 2.05) is 31.2 Å². The molecule has 4 heteroatoms. The minimum Gasteiger partial charge on any atom is -0.493 e. The third-order valence-corrected chi connectivity index (χ3v) is 3.37. The van der Waals surface area contributed by atoms with E-state index in [1.165, 1.54) is 5.56 Å². The highest BCUT2D eigenvalue weighted by molar-refractivity contribution is 7.71. The molecule has 1 aliphatic rings. The average Bonchev–Trinajstić information content (AvgIpc) is 2.37. The lowest BCUT2D eigenvalue weighted by Crippen LogP contribution is -2.21. The number of aromatic amines is 1. The van der Waals surface area contributed by atoms with Gasteiger partial charge in [-0.25, -0.2) is 4.98 Å². The molecular weight excluding hydrogens is 244 g/mol. The summed E-state index contributed by atoms with van der Waals surface area (Å²) in [5.74, 6) is 2.16. The Morgan fingerprint density at radius 2 is 2.22 bits per heavy atom. The van der Waals surface area contributed by atoms with Gasteiger partial charge in [0, 0.05) is 5.69 Å². The highest BCUT2D eigenvalue weighted by Gasteiger charge is 2.22. The van der Waals surface area contributed by atoms with Crippen LogP contribution in [0, 0.1) is 11.6 Å². The van der Waals surface area contributed by atoms with E-state index in [1.54, 1.807) is 0 Å². The van der Waals surface area contributed by atoms with Gasteiger partial charge in [-0.1, -0.05) is 30.4 Å². The third kappa shape index (κ3) is 2.16. The molecule has 0 bridgehead atoms. The van der Waals surface area contributed by atoms with Crippen LogP contribution in [0.2, 0.25) is 0 Å². The first kappa shape index (κ1) is 11.4. The summed E-state index contributed by atoms with van der Waals surface area (Å²) in [5, 5.41) is 0. The first-order chi connectivity index (χ1) is 8.72. The van der Waals surface area contributed by atoms with Gasteiger partial charge in [0.15, 0.2) is 0 Å². The molecule has 1 aromatic carbocycles. The SMILES string of the molecule is Cc1cc(=S)nc(C2COc3ccccc3C2)[nH]1. The summed E-state index contributed by atoms with van der Waals surface area (Å²) in [6, 6.07) is 10.0. The Morgan fingerprint density at radius 1 is 1.39 bits per heavy atom. The summed E-state index contributed by atoms with van der Waals surface area (Å²) >= 11 is 5.16. The summed E-state index contributed by atoms with van der Waals surface area (Å²) in [6.45, 7) is 2.65. The Bertz CT molecular complexity index is 636. The number of nitrogens with zero attached hydrogens (tertiary/aromatic N) is 1. The highest BCUT2D eigenvalue weighted by atomic mass is 32.1. The van der Waals surface area contributed by atoms with Crippen molar-refractivity contribution in [1.29, 1.82) is 0 Å². The molecule has 0 saturated heterocycles. The Morgan fingerprint density at radius 3 is 3.06 bits per heavy atom. The van der Waals surface area contributed by atoms with Crippen molar-refractivity contribution < 1.29 is 4.74 Å². The van der Waals surface area contributed by atoms with Crippen molar-refractivity contribution >= 4 is 12.2 Å². The zero-order valence-corrected chi connectivity index (χ0v) is 11.0. The standard InChI is InChI=1S/C14H14N2OS/c1-9-6-13(18)16-14(15-9)11-7-10-4-2-3-5-12(10)17-8-11/h2-6,11H,7-8H2,1H3,(H,15,16,18). The quantitative estimate of drug-likeness (QED) is 0.798. The van der Waals surface area contributed by atoms with Crippen LogP contribution in [0.25, 0.3) is 0 Å². The normalized spacial score (nSPS) is 17.9. The average molecular weight is 258 g/mol. The van der Waals surface area contributed by atoms with Crippen LogP contribution in [-0.4, -0.2) is 16.6 Å². The number of nitrogens with one attached hydrogen (secondary N) is 1. The monoisotopic (exact) mass is 258 g/mol. The molecule has 3 nitrogen and oxygen atoms in total. The molecule has 3 rings (SSSR count). The highest BCUT2D eigenvalue weighted by Crippen LogP contribution is 2.30. The molecule has 1 N–H and O–H groups in total. The van der Waals surface area contributed by atoms with Gasteiger partial charge in [-0.15, -0.1) is 0 Å². The van der Waals surface area contributed by atoms with Crippen LogP contribution in [0.3, 0.4) is 0 Å². The number of hydrogen-bond donors (Lipinski definition) is 1. The Hall–Kier alpha value is -1.68. The smallest absolute Gasteiger partial charge is 0.129 e. The molecule has 92 valence electrons. The van der Waals surface area contributed by atoms with Gasteiger partial charge in [-0.3, -0.25) is 0 Å². The molecule has 0 saturated carbocycles. The molecule has 2 heterocycles. The lowest BCUT2D eigenvalue weighted by Gasteiger charge is -2.24. The Balaban J connectivity index is 1.94. The maximum Gasteiger partial charge on any atom is 0.129 e. The number of H-pyrrole nitrogens is 1. The summed E-state index contributed by atoms with van der Waals surface area (Å²) in [4.78, 5) is 7.70. The maximum atomic E-state index is 5.78. The van der Waals surface area contributed by atoms with Crippen LogP contribution in [-0.2, 0) is 6.42 Å². The lowest BCUT2D eigenvalue weighted by atomic mass is 9.96. The number of hydrogen-bond acceptors (Lipinski definition) is 3. The van der Waals surface area contributed by atoms with Gasteiger partial charge in [0.1, 0.15) is 16.2 Å². The van der Waals surface area contributed by atoms with E-state index in [0.717, 1.165) is 23.7 Å². The van der Waals surface area contributed by atoms with Gasteiger partial charge in [-0.2, -0.15) is 0 Å². The van der Waals surface area contributed by atoms with Gasteiger partial charge in [0.2, 0.25) is 0 Å². The Labute approximate surface area is 111 Å². The van der Waals surface area contributed by atoms with Crippen LogP contribution in [0.4, 0.5) is 0 Å². The van der Waals surface area contributed by atoms with E-state index in [0.29, 0.717) is 11.2 Å². The third-order valence-electron chi connectivity index (χ3n) is 3.16. The summed E-state index contributed by atoms with van der Waals surface area (Å²) in [5.41, 5.74) is 2.28. The van der Waals surface area contributed by atoms with Crippen LogP contribution in [0.15, 0.2) is 30.3 Å². The van der Waals surface area contributed by atoms with Gasteiger partial charge in [0.05, 0.1) is 12.5 Å². The summed E-state index contributed by atoms with van der Waals surface area (Å²) in [7, 11) is 0. The molecule has 0 radical (unpaired) electrons. The fourth-order valence-electron chi connectivity index (χ4n) is 2.30. The lowest BCUT2D eigenvalue weighted by molar-refractivity contribution is 0.257. The van der Waals surface area contributed by atoms with Crippen molar-refractivity contribution in [3.63, 3.8) is 0 Å². The fraction of sp³-hybridized carbons (Fsp3) is 0.286. The minimum atomic E-state index is 0.251. The molecule has 0 spiro atoms. The molecule has 1 aliphatic heterocycles. The van der Waals surface area contributed by atoms with Crippen molar-refractivity contribution in [2.24, 2.45) is 0 Å². The van der Waals surface area contributed by atoms with Crippen molar-refractivity contribution in [2.45, 2.75) is 19.3 Å². The minimum absolute atomic E-state index is 0.251. The zero-order valence-electron chi connectivity index (χ0n) is 10.1. The molecule has 1 aromatic heterocycles. The first-order valence-electron chi connectivity index (χ1n) is 6.01. The Kier molecular flexibility index (Phi) is 2.88. The largest absolute Gasteiger partial charge is 0.493 e. The molecule has 0 amide bonds. The first-order valence-corrected chi connectivity index (χ1v) is 6.42.